The van der Waals surface area contributed by atoms with E-state index in [2.05, 4.69) is 49.9 Å². The van der Waals surface area contributed by atoms with Gasteiger partial charge in [-0.2, -0.15) is 0 Å². The summed E-state index contributed by atoms with van der Waals surface area (Å²) < 4.78 is 5.84. The minimum absolute atomic E-state index is 0.0543. The van der Waals surface area contributed by atoms with Crippen LogP contribution in [-0.2, 0) is 4.74 Å². The molecule has 4 nitrogen and oxygen atoms in total. The molecule has 0 aromatic heterocycles. The van der Waals surface area contributed by atoms with E-state index < -0.39 is 0 Å². The summed E-state index contributed by atoms with van der Waals surface area (Å²) in [6, 6.07) is 8.52. The van der Waals surface area contributed by atoms with Crippen LogP contribution in [0, 0.1) is 0 Å². The molecule has 20 heavy (non-hydrogen) atoms. The summed E-state index contributed by atoms with van der Waals surface area (Å²) in [5.41, 5.74) is 8.13. The zero-order valence-electron chi connectivity index (χ0n) is 12.7. The van der Waals surface area contributed by atoms with E-state index in [4.69, 9.17) is 10.5 Å². The molecule has 0 aliphatic carbocycles. The maximum atomic E-state index is 9.37. The Bertz CT molecular complexity index is 431. The number of nitrogens with zero attached hydrogens (tertiary/aromatic N) is 1. The van der Waals surface area contributed by atoms with Crippen LogP contribution in [0.5, 0.6) is 0 Å². The van der Waals surface area contributed by atoms with Crippen molar-refractivity contribution in [2.45, 2.75) is 44.9 Å². The number of nitrogens with two attached hydrogens (primary N) is 1. The van der Waals surface area contributed by atoms with E-state index in [0.717, 1.165) is 25.2 Å². The molecule has 1 aromatic carbocycles. The number of hydrogen-bond donors (Lipinski definition) is 2. The molecule has 1 fully saturated rings. The van der Waals surface area contributed by atoms with Crippen LogP contribution in [0.25, 0.3) is 0 Å². The van der Waals surface area contributed by atoms with Crippen LogP contribution >= 0.6 is 0 Å². The van der Waals surface area contributed by atoms with Crippen LogP contribution in [0.3, 0.4) is 0 Å². The molecule has 1 aromatic rings. The molecule has 1 aliphatic heterocycles. The van der Waals surface area contributed by atoms with Crippen LogP contribution in [-0.4, -0.2) is 36.5 Å². The number of benzene rings is 1. The van der Waals surface area contributed by atoms with Crippen molar-refractivity contribution >= 4 is 5.69 Å². The number of ether oxygens (including phenoxy) is 1. The van der Waals surface area contributed by atoms with E-state index in [1.54, 1.807) is 0 Å². The second-order valence-electron chi connectivity index (χ2n) is 6.17. The van der Waals surface area contributed by atoms with E-state index in [9.17, 15) is 5.11 Å². The molecule has 1 unspecified atom stereocenters. The Morgan fingerprint density at radius 1 is 1.40 bits per heavy atom. The SMILES string of the molecule is CC[C@H](N)c1ccc(N2CC(CO)OC(C)(C)C2)cc1. The van der Waals surface area contributed by atoms with E-state index in [1.165, 1.54) is 5.56 Å². The molecule has 1 aliphatic rings. The number of rotatable bonds is 4. The maximum absolute atomic E-state index is 9.37. The largest absolute Gasteiger partial charge is 0.394 e. The molecule has 1 heterocycles. The first kappa shape index (κ1) is 15.3. The lowest BCUT2D eigenvalue weighted by Crippen LogP contribution is -2.54. The van der Waals surface area contributed by atoms with Crippen molar-refractivity contribution in [1.82, 2.24) is 0 Å². The molecule has 2 atom stereocenters. The predicted molar refractivity (Wildman–Crippen MR) is 81.9 cm³/mol. The normalized spacial score (nSPS) is 23.6. The number of aliphatic hydroxyl groups is 1. The van der Waals surface area contributed by atoms with Gasteiger partial charge in [0, 0.05) is 24.8 Å². The van der Waals surface area contributed by atoms with Crippen LogP contribution < -0.4 is 10.6 Å². The predicted octanol–water partition coefficient (Wildman–Crippen LogP) is 2.07. The summed E-state index contributed by atoms with van der Waals surface area (Å²) in [6.45, 7) is 7.81. The Labute approximate surface area is 121 Å². The Hall–Kier alpha value is -1.10. The fraction of sp³-hybridized carbons (Fsp3) is 0.625. The lowest BCUT2D eigenvalue weighted by atomic mass is 10.0. The minimum atomic E-state index is -0.246. The first-order chi connectivity index (χ1) is 9.45. The van der Waals surface area contributed by atoms with Crippen molar-refractivity contribution in [3.8, 4) is 0 Å². The van der Waals surface area contributed by atoms with Gasteiger partial charge in [0.15, 0.2) is 0 Å². The molecular formula is C16H26N2O2. The van der Waals surface area contributed by atoms with Crippen molar-refractivity contribution < 1.29 is 9.84 Å². The molecule has 0 amide bonds. The molecule has 0 radical (unpaired) electrons. The molecule has 0 saturated carbocycles. The summed E-state index contributed by atoms with van der Waals surface area (Å²) in [7, 11) is 0. The fourth-order valence-corrected chi connectivity index (χ4v) is 2.76. The standard InChI is InChI=1S/C16H26N2O2/c1-4-15(17)12-5-7-13(8-6-12)18-9-14(10-19)20-16(2,3)11-18/h5-8,14-15,19H,4,9-11,17H2,1-3H3/t14?,15-/m0/s1. The van der Waals surface area contributed by atoms with Crippen molar-refractivity contribution in [1.29, 1.82) is 0 Å². The number of morpholine rings is 1. The topological polar surface area (TPSA) is 58.7 Å². The molecule has 4 heteroatoms. The van der Waals surface area contributed by atoms with Gasteiger partial charge < -0.3 is 20.5 Å². The monoisotopic (exact) mass is 278 g/mol. The van der Waals surface area contributed by atoms with Crippen molar-refractivity contribution in [2.24, 2.45) is 5.73 Å². The molecular weight excluding hydrogens is 252 g/mol. The summed E-state index contributed by atoms with van der Waals surface area (Å²) in [5.74, 6) is 0. The average Bonchev–Trinajstić information content (AvgIpc) is 2.44. The third-order valence-corrected chi connectivity index (χ3v) is 3.81. The third-order valence-electron chi connectivity index (χ3n) is 3.81. The highest BCUT2D eigenvalue weighted by Crippen LogP contribution is 2.27. The number of hydrogen-bond acceptors (Lipinski definition) is 4. The second-order valence-corrected chi connectivity index (χ2v) is 6.17. The van der Waals surface area contributed by atoms with Gasteiger partial charge in [0.1, 0.15) is 0 Å². The summed E-state index contributed by atoms with van der Waals surface area (Å²) in [4.78, 5) is 2.27. The van der Waals surface area contributed by atoms with Crippen LogP contribution in [0.4, 0.5) is 5.69 Å². The van der Waals surface area contributed by atoms with Crippen LogP contribution in [0.15, 0.2) is 24.3 Å². The smallest absolute Gasteiger partial charge is 0.0988 e. The quantitative estimate of drug-likeness (QED) is 0.885. The summed E-state index contributed by atoms with van der Waals surface area (Å²) in [6.07, 6.45) is 0.813. The lowest BCUT2D eigenvalue weighted by Gasteiger charge is -2.43. The highest BCUT2D eigenvalue weighted by molar-refractivity contribution is 5.49. The molecule has 0 spiro atoms. The van der Waals surface area contributed by atoms with Gasteiger partial charge >= 0.3 is 0 Å². The molecule has 1 saturated heterocycles. The van der Waals surface area contributed by atoms with Gasteiger partial charge in [-0.15, -0.1) is 0 Å². The molecule has 2 rings (SSSR count). The third kappa shape index (κ3) is 3.51. The Morgan fingerprint density at radius 3 is 2.60 bits per heavy atom. The molecule has 0 bridgehead atoms. The number of anilines is 1. The van der Waals surface area contributed by atoms with Crippen molar-refractivity contribution in [2.75, 3.05) is 24.6 Å². The Morgan fingerprint density at radius 2 is 2.05 bits per heavy atom. The van der Waals surface area contributed by atoms with E-state index in [1.807, 2.05) is 0 Å². The van der Waals surface area contributed by atoms with Gasteiger partial charge in [0.2, 0.25) is 0 Å². The molecule has 3 N–H and O–H groups in total. The first-order valence-electron chi connectivity index (χ1n) is 7.34. The van der Waals surface area contributed by atoms with Gasteiger partial charge in [0.05, 0.1) is 18.3 Å². The Kier molecular flexibility index (Phi) is 4.68. The van der Waals surface area contributed by atoms with Gasteiger partial charge in [0.25, 0.3) is 0 Å². The second kappa shape index (κ2) is 6.12. The van der Waals surface area contributed by atoms with Gasteiger partial charge in [-0.05, 0) is 38.0 Å². The van der Waals surface area contributed by atoms with Crippen molar-refractivity contribution in [3.05, 3.63) is 29.8 Å². The van der Waals surface area contributed by atoms with Crippen LogP contribution in [0.1, 0.15) is 38.8 Å². The zero-order chi connectivity index (χ0) is 14.8. The number of aliphatic hydroxyl groups excluding tert-OH is 1. The van der Waals surface area contributed by atoms with E-state index in [0.29, 0.717) is 0 Å². The Balaban J connectivity index is 2.14. The van der Waals surface area contributed by atoms with Gasteiger partial charge in [-0.25, -0.2) is 0 Å². The van der Waals surface area contributed by atoms with Crippen LogP contribution in [0.2, 0.25) is 0 Å². The van der Waals surface area contributed by atoms with E-state index >= 15 is 0 Å². The zero-order valence-corrected chi connectivity index (χ0v) is 12.7. The van der Waals surface area contributed by atoms with E-state index in [-0.39, 0.29) is 24.4 Å². The lowest BCUT2D eigenvalue weighted by molar-refractivity contribution is -0.101. The molecule has 112 valence electrons. The van der Waals surface area contributed by atoms with Gasteiger partial charge in [-0.3, -0.25) is 0 Å². The summed E-state index contributed by atoms with van der Waals surface area (Å²) in [5, 5.41) is 9.37. The highest BCUT2D eigenvalue weighted by Gasteiger charge is 2.33. The maximum Gasteiger partial charge on any atom is 0.0988 e. The average molecular weight is 278 g/mol. The first-order valence-corrected chi connectivity index (χ1v) is 7.34. The summed E-state index contributed by atoms with van der Waals surface area (Å²) >= 11 is 0. The highest BCUT2D eigenvalue weighted by atomic mass is 16.5. The minimum Gasteiger partial charge on any atom is -0.394 e. The van der Waals surface area contributed by atoms with Crippen molar-refractivity contribution in [3.63, 3.8) is 0 Å². The van der Waals surface area contributed by atoms with Gasteiger partial charge in [-0.1, -0.05) is 19.1 Å². The fourth-order valence-electron chi connectivity index (χ4n) is 2.76.